The second kappa shape index (κ2) is 6.30. The number of hydrogen-bond acceptors (Lipinski definition) is 4. The first-order valence-corrected chi connectivity index (χ1v) is 6.81. The van der Waals surface area contributed by atoms with Crippen molar-refractivity contribution in [3.8, 4) is 0 Å². The summed E-state index contributed by atoms with van der Waals surface area (Å²) in [4.78, 5) is 11.5. The smallest absolute Gasteiger partial charge is 0.333 e. The third-order valence-electron chi connectivity index (χ3n) is 2.98. The number of carbonyl (C=O) groups excluding carboxylic acids is 1. The molecular weight excluding hydrogens is 222 g/mol. The SMILES string of the molecule is CCCS[C@@H]1C=C(C(=O)OC)C[C@H](N)[C@H]1C. The van der Waals surface area contributed by atoms with E-state index in [-0.39, 0.29) is 12.0 Å². The van der Waals surface area contributed by atoms with Gasteiger partial charge in [-0.05, 0) is 24.5 Å². The maximum absolute atomic E-state index is 11.5. The number of hydrogen-bond donors (Lipinski definition) is 1. The minimum atomic E-state index is -0.232. The lowest BCUT2D eigenvalue weighted by atomic mass is 9.86. The molecule has 92 valence electrons. The highest BCUT2D eigenvalue weighted by atomic mass is 32.2. The van der Waals surface area contributed by atoms with Gasteiger partial charge in [0.05, 0.1) is 7.11 Å². The van der Waals surface area contributed by atoms with Crippen molar-refractivity contribution < 1.29 is 9.53 Å². The van der Waals surface area contributed by atoms with Gasteiger partial charge in [0.25, 0.3) is 0 Å². The van der Waals surface area contributed by atoms with Gasteiger partial charge in [-0.1, -0.05) is 19.9 Å². The number of thioether (sulfide) groups is 1. The molecule has 0 bridgehead atoms. The Balaban J connectivity index is 2.75. The van der Waals surface area contributed by atoms with Crippen LogP contribution in [0.3, 0.4) is 0 Å². The van der Waals surface area contributed by atoms with Gasteiger partial charge in [-0.2, -0.15) is 11.8 Å². The molecule has 0 saturated carbocycles. The first-order chi connectivity index (χ1) is 7.60. The maximum atomic E-state index is 11.5. The Morgan fingerprint density at radius 1 is 1.69 bits per heavy atom. The van der Waals surface area contributed by atoms with Crippen LogP contribution in [0.1, 0.15) is 26.7 Å². The summed E-state index contributed by atoms with van der Waals surface area (Å²) in [7, 11) is 1.42. The average molecular weight is 243 g/mol. The van der Waals surface area contributed by atoms with Crippen molar-refractivity contribution in [2.75, 3.05) is 12.9 Å². The minimum Gasteiger partial charge on any atom is -0.466 e. The Kier molecular flexibility index (Phi) is 5.35. The Labute approximate surface area is 102 Å². The number of rotatable bonds is 4. The lowest BCUT2D eigenvalue weighted by molar-refractivity contribution is -0.136. The highest BCUT2D eigenvalue weighted by molar-refractivity contribution is 8.00. The molecule has 0 aliphatic heterocycles. The normalized spacial score (nSPS) is 29.8. The van der Waals surface area contributed by atoms with E-state index in [1.54, 1.807) is 0 Å². The Morgan fingerprint density at radius 3 is 2.94 bits per heavy atom. The predicted molar refractivity (Wildman–Crippen MR) is 68.4 cm³/mol. The molecule has 0 radical (unpaired) electrons. The third-order valence-corrected chi connectivity index (χ3v) is 4.57. The molecule has 3 atom stereocenters. The van der Waals surface area contributed by atoms with Crippen LogP contribution in [0.15, 0.2) is 11.6 Å². The lowest BCUT2D eigenvalue weighted by Crippen LogP contribution is -2.39. The summed E-state index contributed by atoms with van der Waals surface area (Å²) in [6.45, 7) is 4.31. The molecule has 4 heteroatoms. The van der Waals surface area contributed by atoms with Gasteiger partial charge in [0.15, 0.2) is 0 Å². The van der Waals surface area contributed by atoms with E-state index < -0.39 is 0 Å². The van der Waals surface area contributed by atoms with Gasteiger partial charge in [0, 0.05) is 16.9 Å². The zero-order valence-corrected chi connectivity index (χ0v) is 11.0. The molecule has 1 aliphatic carbocycles. The van der Waals surface area contributed by atoms with E-state index in [4.69, 9.17) is 10.5 Å². The quantitative estimate of drug-likeness (QED) is 0.767. The van der Waals surface area contributed by atoms with E-state index in [9.17, 15) is 4.79 Å². The van der Waals surface area contributed by atoms with Crippen molar-refractivity contribution >= 4 is 17.7 Å². The highest BCUT2D eigenvalue weighted by Crippen LogP contribution is 2.32. The van der Waals surface area contributed by atoms with Gasteiger partial charge in [-0.15, -0.1) is 0 Å². The van der Waals surface area contributed by atoms with Gasteiger partial charge in [0.1, 0.15) is 0 Å². The molecule has 1 rings (SSSR count). The standard InChI is InChI=1S/C12H21NO2S/c1-4-5-16-11-7-9(12(14)15-3)6-10(13)8(11)2/h7-8,10-11H,4-6,13H2,1-3H3/t8-,10+,11-/m1/s1. The molecule has 2 N–H and O–H groups in total. The van der Waals surface area contributed by atoms with Crippen molar-refractivity contribution in [1.29, 1.82) is 0 Å². The molecule has 0 aromatic carbocycles. The van der Waals surface area contributed by atoms with Gasteiger partial charge in [0.2, 0.25) is 0 Å². The minimum absolute atomic E-state index is 0.0634. The zero-order valence-electron chi connectivity index (χ0n) is 10.2. The Hall–Kier alpha value is -0.480. The number of ether oxygens (including phenoxy) is 1. The summed E-state index contributed by atoms with van der Waals surface area (Å²) in [6, 6.07) is 0.0634. The molecule has 16 heavy (non-hydrogen) atoms. The van der Waals surface area contributed by atoms with E-state index in [0.29, 0.717) is 17.6 Å². The van der Waals surface area contributed by atoms with Crippen LogP contribution >= 0.6 is 11.8 Å². The van der Waals surface area contributed by atoms with Crippen LogP contribution in [0.4, 0.5) is 0 Å². The molecule has 0 saturated heterocycles. The van der Waals surface area contributed by atoms with E-state index in [2.05, 4.69) is 13.8 Å². The summed E-state index contributed by atoms with van der Waals surface area (Å²) < 4.78 is 4.75. The van der Waals surface area contributed by atoms with Crippen molar-refractivity contribution in [2.45, 2.75) is 38.0 Å². The van der Waals surface area contributed by atoms with Gasteiger partial charge < -0.3 is 10.5 Å². The molecule has 0 spiro atoms. The van der Waals surface area contributed by atoms with Crippen LogP contribution in [-0.2, 0) is 9.53 Å². The highest BCUT2D eigenvalue weighted by Gasteiger charge is 2.30. The van der Waals surface area contributed by atoms with Crippen LogP contribution in [0.5, 0.6) is 0 Å². The van der Waals surface area contributed by atoms with Crippen molar-refractivity contribution in [1.82, 2.24) is 0 Å². The fraction of sp³-hybridized carbons (Fsp3) is 0.750. The third kappa shape index (κ3) is 3.25. The summed E-state index contributed by atoms with van der Waals surface area (Å²) in [6.07, 6.45) is 3.82. The van der Waals surface area contributed by atoms with Crippen LogP contribution in [0.2, 0.25) is 0 Å². The average Bonchev–Trinajstić information content (AvgIpc) is 2.29. The second-order valence-electron chi connectivity index (χ2n) is 4.25. The van der Waals surface area contributed by atoms with E-state index in [1.807, 2.05) is 17.8 Å². The Bertz CT molecular complexity index is 278. The summed E-state index contributed by atoms with van der Waals surface area (Å²) >= 11 is 1.88. The summed E-state index contributed by atoms with van der Waals surface area (Å²) in [5, 5.41) is 0.345. The fourth-order valence-corrected chi connectivity index (χ4v) is 3.11. The summed E-state index contributed by atoms with van der Waals surface area (Å²) in [5.74, 6) is 1.29. The molecule has 0 aromatic heterocycles. The lowest BCUT2D eigenvalue weighted by Gasteiger charge is -2.31. The van der Waals surface area contributed by atoms with Crippen LogP contribution in [0, 0.1) is 5.92 Å². The number of carbonyl (C=O) groups is 1. The zero-order chi connectivity index (χ0) is 12.1. The van der Waals surface area contributed by atoms with Gasteiger partial charge in [-0.3, -0.25) is 0 Å². The molecule has 0 fully saturated rings. The molecule has 1 aliphatic rings. The van der Waals surface area contributed by atoms with E-state index >= 15 is 0 Å². The topological polar surface area (TPSA) is 52.3 Å². The van der Waals surface area contributed by atoms with Crippen molar-refractivity contribution in [3.63, 3.8) is 0 Å². The van der Waals surface area contributed by atoms with Crippen LogP contribution in [0.25, 0.3) is 0 Å². The van der Waals surface area contributed by atoms with Gasteiger partial charge in [-0.25, -0.2) is 4.79 Å². The van der Waals surface area contributed by atoms with E-state index in [0.717, 1.165) is 17.7 Å². The Morgan fingerprint density at radius 2 is 2.38 bits per heavy atom. The molecule has 3 nitrogen and oxygen atoms in total. The number of methoxy groups -OCH3 is 1. The van der Waals surface area contributed by atoms with E-state index in [1.165, 1.54) is 7.11 Å². The van der Waals surface area contributed by atoms with Crippen LogP contribution < -0.4 is 5.73 Å². The van der Waals surface area contributed by atoms with Crippen molar-refractivity contribution in [3.05, 3.63) is 11.6 Å². The van der Waals surface area contributed by atoms with Crippen LogP contribution in [-0.4, -0.2) is 30.1 Å². The molecule has 0 heterocycles. The first kappa shape index (κ1) is 13.6. The first-order valence-electron chi connectivity index (χ1n) is 5.76. The summed E-state index contributed by atoms with van der Waals surface area (Å²) in [5.41, 5.74) is 6.80. The number of nitrogens with two attached hydrogens (primary N) is 1. The molecule has 0 amide bonds. The molecular formula is C12H21NO2S. The molecule has 0 aromatic rings. The fourth-order valence-electron chi connectivity index (χ4n) is 1.84. The molecule has 0 unspecified atom stereocenters. The number of esters is 1. The largest absolute Gasteiger partial charge is 0.466 e. The maximum Gasteiger partial charge on any atom is 0.333 e. The van der Waals surface area contributed by atoms with Gasteiger partial charge >= 0.3 is 5.97 Å². The monoisotopic (exact) mass is 243 g/mol. The predicted octanol–water partition coefficient (Wildman–Crippen LogP) is 1.96. The van der Waals surface area contributed by atoms with Crippen molar-refractivity contribution in [2.24, 2.45) is 11.7 Å². The second-order valence-corrected chi connectivity index (χ2v) is 5.53.